The van der Waals surface area contributed by atoms with Crippen LogP contribution in [-0.2, 0) is 4.79 Å². The highest BCUT2D eigenvalue weighted by atomic mass is 35.5. The van der Waals surface area contributed by atoms with Gasteiger partial charge < -0.3 is 19.7 Å². The van der Waals surface area contributed by atoms with Crippen molar-refractivity contribution in [2.24, 2.45) is 0 Å². The summed E-state index contributed by atoms with van der Waals surface area (Å²) in [7, 11) is 1.68. The van der Waals surface area contributed by atoms with Gasteiger partial charge in [-0.1, -0.05) is 36.4 Å². The average molecular weight is 403 g/mol. The van der Waals surface area contributed by atoms with Crippen molar-refractivity contribution in [3.63, 3.8) is 0 Å². The number of carbonyl (C=O) groups excluding carboxylic acids is 1. The van der Waals surface area contributed by atoms with E-state index in [1.807, 2.05) is 41.3 Å². The van der Waals surface area contributed by atoms with Gasteiger partial charge >= 0.3 is 0 Å². The maximum atomic E-state index is 13.3. The Morgan fingerprint density at radius 2 is 1.93 bits per heavy atom. The first-order valence-corrected chi connectivity index (χ1v) is 9.62. The summed E-state index contributed by atoms with van der Waals surface area (Å²) in [6.07, 6.45) is 1.40. The van der Waals surface area contributed by atoms with Crippen LogP contribution in [0.15, 0.2) is 48.5 Å². The zero-order chi connectivity index (χ0) is 18.6. The van der Waals surface area contributed by atoms with Gasteiger partial charge in [0.15, 0.2) is 0 Å². The van der Waals surface area contributed by atoms with E-state index in [1.54, 1.807) is 7.11 Å². The van der Waals surface area contributed by atoms with Crippen LogP contribution in [0.2, 0.25) is 0 Å². The molecule has 150 valence electrons. The topological polar surface area (TPSA) is 50.8 Å². The van der Waals surface area contributed by atoms with Crippen molar-refractivity contribution in [1.29, 1.82) is 0 Å². The lowest BCUT2D eigenvalue weighted by molar-refractivity contribution is -0.135. The molecule has 0 spiro atoms. The molecule has 2 aromatic carbocycles. The highest BCUT2D eigenvalue weighted by molar-refractivity contribution is 5.85. The van der Waals surface area contributed by atoms with E-state index < -0.39 is 0 Å². The van der Waals surface area contributed by atoms with Gasteiger partial charge in [-0.05, 0) is 30.0 Å². The van der Waals surface area contributed by atoms with Crippen molar-refractivity contribution in [3.8, 4) is 11.5 Å². The molecule has 0 bridgehead atoms. The molecule has 0 saturated carbocycles. The first-order valence-electron chi connectivity index (χ1n) is 9.62. The van der Waals surface area contributed by atoms with Gasteiger partial charge in [-0.15, -0.1) is 12.4 Å². The number of benzene rings is 2. The van der Waals surface area contributed by atoms with E-state index in [0.29, 0.717) is 19.6 Å². The summed E-state index contributed by atoms with van der Waals surface area (Å²) in [5.41, 5.74) is 2.22. The molecule has 2 aliphatic rings. The third-order valence-electron chi connectivity index (χ3n) is 5.57. The largest absolute Gasteiger partial charge is 0.496 e. The molecule has 5 nitrogen and oxygen atoms in total. The predicted octanol–water partition coefficient (Wildman–Crippen LogP) is 3.55. The summed E-state index contributed by atoms with van der Waals surface area (Å²) in [6.45, 7) is 2.96. The predicted molar refractivity (Wildman–Crippen MR) is 111 cm³/mol. The summed E-state index contributed by atoms with van der Waals surface area (Å²) in [5.74, 6) is 2.17. The number of halogens is 1. The Hall–Kier alpha value is -2.24. The van der Waals surface area contributed by atoms with E-state index in [9.17, 15) is 4.79 Å². The molecule has 4 rings (SSSR count). The van der Waals surface area contributed by atoms with Crippen molar-refractivity contribution in [3.05, 3.63) is 59.7 Å². The molecule has 6 heteroatoms. The molecule has 2 unspecified atom stereocenters. The molecule has 2 aliphatic heterocycles. The van der Waals surface area contributed by atoms with E-state index in [0.717, 1.165) is 42.1 Å². The lowest BCUT2D eigenvalue weighted by Gasteiger charge is -2.38. The number of fused-ring (bicyclic) bond motifs is 1. The number of nitrogens with zero attached hydrogens (tertiary/aromatic N) is 1. The Bertz CT molecular complexity index is 814. The standard InChI is InChI=1S/C22H26N2O3.ClH/c1-26-20-8-4-3-7-18(20)19-15-23-11-12-24(19)22(25)14-16-10-13-27-21-9-5-2-6-17(16)21;/h2-9,16,19,23H,10-15H2,1H3;1H. The number of piperazine rings is 1. The Morgan fingerprint density at radius 3 is 2.75 bits per heavy atom. The van der Waals surface area contributed by atoms with Crippen molar-refractivity contribution in [2.75, 3.05) is 33.4 Å². The second kappa shape index (κ2) is 9.30. The van der Waals surface area contributed by atoms with Gasteiger partial charge in [-0.3, -0.25) is 4.79 Å². The maximum absolute atomic E-state index is 13.3. The van der Waals surface area contributed by atoms with Crippen LogP contribution in [0, 0.1) is 0 Å². The molecule has 0 aliphatic carbocycles. The van der Waals surface area contributed by atoms with Crippen molar-refractivity contribution in [1.82, 2.24) is 10.2 Å². The number of methoxy groups -OCH3 is 1. The lowest BCUT2D eigenvalue weighted by atomic mass is 9.89. The number of amides is 1. The third kappa shape index (κ3) is 4.10. The fourth-order valence-electron chi connectivity index (χ4n) is 4.18. The van der Waals surface area contributed by atoms with Gasteiger partial charge in [0.1, 0.15) is 11.5 Å². The van der Waals surface area contributed by atoms with Gasteiger partial charge in [0.25, 0.3) is 0 Å². The molecule has 2 atom stereocenters. The van der Waals surface area contributed by atoms with Crippen LogP contribution < -0.4 is 14.8 Å². The molecule has 2 aromatic rings. The SMILES string of the molecule is COc1ccccc1C1CNCCN1C(=O)CC1CCOc2ccccc21.Cl. The molecule has 1 amide bonds. The minimum absolute atomic E-state index is 0. The zero-order valence-corrected chi connectivity index (χ0v) is 16.9. The second-order valence-corrected chi connectivity index (χ2v) is 7.13. The number of carbonyl (C=O) groups is 1. The number of rotatable bonds is 4. The van der Waals surface area contributed by atoms with Gasteiger partial charge in [0.2, 0.25) is 5.91 Å². The Balaban J connectivity index is 0.00000225. The van der Waals surface area contributed by atoms with Gasteiger partial charge in [-0.2, -0.15) is 0 Å². The minimum atomic E-state index is -0.00233. The van der Waals surface area contributed by atoms with E-state index in [1.165, 1.54) is 0 Å². The average Bonchev–Trinajstić information content (AvgIpc) is 2.74. The number of hydrogen-bond acceptors (Lipinski definition) is 4. The fourth-order valence-corrected chi connectivity index (χ4v) is 4.18. The van der Waals surface area contributed by atoms with Gasteiger partial charge in [0.05, 0.1) is 19.8 Å². The number of nitrogens with one attached hydrogen (secondary N) is 1. The van der Waals surface area contributed by atoms with Gasteiger partial charge in [0, 0.05) is 31.6 Å². The highest BCUT2D eigenvalue weighted by Gasteiger charge is 2.32. The molecule has 28 heavy (non-hydrogen) atoms. The van der Waals surface area contributed by atoms with Crippen LogP contribution >= 0.6 is 12.4 Å². The molecule has 1 saturated heterocycles. The van der Waals surface area contributed by atoms with Crippen molar-refractivity contribution >= 4 is 18.3 Å². The fraction of sp³-hybridized carbons (Fsp3) is 0.409. The van der Waals surface area contributed by atoms with Crippen LogP contribution in [0.4, 0.5) is 0 Å². The van der Waals surface area contributed by atoms with Crippen LogP contribution in [0.5, 0.6) is 11.5 Å². The van der Waals surface area contributed by atoms with Crippen LogP contribution in [0.3, 0.4) is 0 Å². The van der Waals surface area contributed by atoms with Crippen molar-refractivity contribution in [2.45, 2.75) is 24.8 Å². The Kier molecular flexibility index (Phi) is 6.81. The van der Waals surface area contributed by atoms with Crippen LogP contribution in [0.1, 0.15) is 35.9 Å². The van der Waals surface area contributed by atoms with E-state index in [-0.39, 0.29) is 30.3 Å². The molecular formula is C22H27ClN2O3. The van der Waals surface area contributed by atoms with E-state index in [2.05, 4.69) is 17.4 Å². The Morgan fingerprint density at radius 1 is 1.18 bits per heavy atom. The van der Waals surface area contributed by atoms with E-state index in [4.69, 9.17) is 9.47 Å². The summed E-state index contributed by atoms with van der Waals surface area (Å²) < 4.78 is 11.3. The van der Waals surface area contributed by atoms with Crippen molar-refractivity contribution < 1.29 is 14.3 Å². The third-order valence-corrected chi connectivity index (χ3v) is 5.57. The number of hydrogen-bond donors (Lipinski definition) is 1. The molecule has 0 radical (unpaired) electrons. The summed E-state index contributed by atoms with van der Waals surface area (Å²) in [6, 6.07) is 16.1. The van der Waals surface area contributed by atoms with Gasteiger partial charge in [-0.25, -0.2) is 0 Å². The maximum Gasteiger partial charge on any atom is 0.223 e. The quantitative estimate of drug-likeness (QED) is 0.849. The van der Waals surface area contributed by atoms with E-state index >= 15 is 0 Å². The number of ether oxygens (including phenoxy) is 2. The molecule has 0 aromatic heterocycles. The monoisotopic (exact) mass is 402 g/mol. The molecule has 1 N–H and O–H groups in total. The Labute approximate surface area is 172 Å². The molecular weight excluding hydrogens is 376 g/mol. The minimum Gasteiger partial charge on any atom is -0.496 e. The summed E-state index contributed by atoms with van der Waals surface area (Å²) in [4.78, 5) is 15.3. The lowest BCUT2D eigenvalue weighted by Crippen LogP contribution is -2.49. The first kappa shape index (κ1) is 20.5. The van der Waals surface area contributed by atoms with Crippen LogP contribution in [0.25, 0.3) is 0 Å². The molecule has 2 heterocycles. The summed E-state index contributed by atoms with van der Waals surface area (Å²) in [5, 5.41) is 3.42. The number of para-hydroxylation sites is 2. The second-order valence-electron chi connectivity index (χ2n) is 7.13. The molecule has 1 fully saturated rings. The zero-order valence-electron chi connectivity index (χ0n) is 16.1. The normalized spacial score (nSPS) is 21.1. The first-order chi connectivity index (χ1) is 13.3. The summed E-state index contributed by atoms with van der Waals surface area (Å²) >= 11 is 0. The smallest absolute Gasteiger partial charge is 0.223 e. The van der Waals surface area contributed by atoms with Crippen LogP contribution in [-0.4, -0.2) is 44.2 Å². The highest BCUT2D eigenvalue weighted by Crippen LogP contribution is 2.37.